The molecule has 4 aromatic rings. The Kier molecular flexibility index (Phi) is 3.93. The molecule has 0 aliphatic rings. The van der Waals surface area contributed by atoms with E-state index in [9.17, 15) is 9.18 Å². The number of benzene rings is 2. The van der Waals surface area contributed by atoms with Crippen LogP contribution in [0.15, 0.2) is 66.7 Å². The number of carbonyl (C=O) groups excluding carboxylic acids is 1. The smallest absolute Gasteiger partial charge is 0.356 e. The van der Waals surface area contributed by atoms with Crippen LogP contribution in [0.4, 0.5) is 4.39 Å². The molecule has 0 radical (unpaired) electrons. The van der Waals surface area contributed by atoms with E-state index < -0.39 is 5.97 Å². The quantitative estimate of drug-likeness (QED) is 0.526. The number of hydrogen-bond acceptors (Lipinski definition) is 4. The summed E-state index contributed by atoms with van der Waals surface area (Å²) in [6.07, 6.45) is 0. The summed E-state index contributed by atoms with van der Waals surface area (Å²) in [7, 11) is 1.30. The van der Waals surface area contributed by atoms with Crippen molar-refractivity contribution in [3.63, 3.8) is 0 Å². The van der Waals surface area contributed by atoms with Crippen molar-refractivity contribution >= 4 is 11.6 Å². The molecule has 0 fully saturated rings. The van der Waals surface area contributed by atoms with Gasteiger partial charge in [0.25, 0.3) is 0 Å². The predicted molar refractivity (Wildman–Crippen MR) is 95.2 cm³/mol. The van der Waals surface area contributed by atoms with E-state index in [0.717, 1.165) is 11.3 Å². The van der Waals surface area contributed by atoms with Gasteiger partial charge in [0.1, 0.15) is 5.82 Å². The Bertz CT molecular complexity index is 1090. The first kappa shape index (κ1) is 16.0. The minimum atomic E-state index is -0.543. The largest absolute Gasteiger partial charge is 0.464 e. The fraction of sp³-hybridized carbons (Fsp3) is 0.0500. The molecule has 0 aliphatic carbocycles. The number of halogens is 1. The summed E-state index contributed by atoms with van der Waals surface area (Å²) in [5.74, 6) is -0.879. The zero-order chi connectivity index (χ0) is 18.1. The van der Waals surface area contributed by atoms with Crippen molar-refractivity contribution in [2.45, 2.75) is 0 Å². The molecule has 4 rings (SSSR count). The topological polar surface area (TPSA) is 56.5 Å². The fourth-order valence-electron chi connectivity index (χ4n) is 2.76. The van der Waals surface area contributed by atoms with Gasteiger partial charge in [-0.25, -0.2) is 18.7 Å². The number of fused-ring (bicyclic) bond motifs is 1. The normalized spacial score (nSPS) is 10.8. The monoisotopic (exact) mass is 347 g/mol. The van der Waals surface area contributed by atoms with Gasteiger partial charge in [-0.1, -0.05) is 30.3 Å². The third-order valence-electron chi connectivity index (χ3n) is 4.03. The second kappa shape index (κ2) is 6.40. The van der Waals surface area contributed by atoms with Crippen molar-refractivity contribution in [2.24, 2.45) is 0 Å². The first-order valence-corrected chi connectivity index (χ1v) is 7.96. The zero-order valence-corrected chi connectivity index (χ0v) is 13.9. The van der Waals surface area contributed by atoms with Crippen LogP contribution in [0.2, 0.25) is 0 Å². The van der Waals surface area contributed by atoms with Crippen molar-refractivity contribution in [3.8, 4) is 22.5 Å². The summed E-state index contributed by atoms with van der Waals surface area (Å²) in [5, 5.41) is 4.62. The maximum absolute atomic E-state index is 13.3. The molecule has 2 aromatic carbocycles. The van der Waals surface area contributed by atoms with Crippen LogP contribution in [-0.4, -0.2) is 27.7 Å². The van der Waals surface area contributed by atoms with Gasteiger partial charge in [-0.15, -0.1) is 0 Å². The van der Waals surface area contributed by atoms with E-state index >= 15 is 0 Å². The Morgan fingerprint density at radius 3 is 2.42 bits per heavy atom. The summed E-state index contributed by atoms with van der Waals surface area (Å²) in [6.45, 7) is 0. The lowest BCUT2D eigenvalue weighted by atomic mass is 10.1. The molecule has 2 aromatic heterocycles. The summed E-state index contributed by atoms with van der Waals surface area (Å²) in [5.41, 5.74) is 3.67. The van der Waals surface area contributed by atoms with Gasteiger partial charge in [0, 0.05) is 17.2 Å². The third kappa shape index (κ3) is 2.82. The van der Waals surface area contributed by atoms with Crippen molar-refractivity contribution in [1.82, 2.24) is 14.6 Å². The lowest BCUT2D eigenvalue weighted by molar-refractivity contribution is 0.0594. The first-order valence-electron chi connectivity index (χ1n) is 7.96. The molecule has 0 saturated heterocycles. The molecule has 0 spiro atoms. The van der Waals surface area contributed by atoms with Crippen LogP contribution in [0, 0.1) is 5.82 Å². The zero-order valence-electron chi connectivity index (χ0n) is 13.9. The number of methoxy groups -OCH3 is 1. The number of esters is 1. The van der Waals surface area contributed by atoms with Crippen LogP contribution in [0.25, 0.3) is 28.2 Å². The first-order chi connectivity index (χ1) is 12.7. The number of carbonyl (C=O) groups is 1. The number of nitrogens with zero attached hydrogens (tertiary/aromatic N) is 3. The van der Waals surface area contributed by atoms with Crippen molar-refractivity contribution in [3.05, 3.63) is 78.2 Å². The molecule has 6 heteroatoms. The number of aromatic nitrogens is 3. The summed E-state index contributed by atoms with van der Waals surface area (Å²) in [6, 6.07) is 19.0. The van der Waals surface area contributed by atoms with Crippen LogP contribution in [0.1, 0.15) is 10.5 Å². The molecule has 2 heterocycles. The van der Waals surface area contributed by atoms with Crippen molar-refractivity contribution in [2.75, 3.05) is 7.11 Å². The molecule has 26 heavy (non-hydrogen) atoms. The molecule has 0 atom stereocenters. The van der Waals surface area contributed by atoms with E-state index in [1.807, 2.05) is 30.3 Å². The molecule has 0 saturated carbocycles. The van der Waals surface area contributed by atoms with Gasteiger partial charge in [-0.05, 0) is 30.3 Å². The highest BCUT2D eigenvalue weighted by Gasteiger charge is 2.16. The fourth-order valence-corrected chi connectivity index (χ4v) is 2.76. The second-order valence-electron chi connectivity index (χ2n) is 5.69. The highest BCUT2D eigenvalue weighted by atomic mass is 19.1. The minimum absolute atomic E-state index is 0.166. The predicted octanol–water partition coefficient (Wildman–Crippen LogP) is 3.99. The Morgan fingerprint density at radius 2 is 1.73 bits per heavy atom. The van der Waals surface area contributed by atoms with Crippen molar-refractivity contribution < 1.29 is 13.9 Å². The Morgan fingerprint density at radius 1 is 1.00 bits per heavy atom. The van der Waals surface area contributed by atoms with Crippen molar-refractivity contribution in [1.29, 1.82) is 0 Å². The molecule has 0 unspecified atom stereocenters. The Labute approximate surface area is 148 Å². The van der Waals surface area contributed by atoms with E-state index in [2.05, 4.69) is 10.1 Å². The van der Waals surface area contributed by atoms with Crippen LogP contribution < -0.4 is 0 Å². The number of rotatable bonds is 3. The molecule has 128 valence electrons. The Balaban J connectivity index is 1.96. The summed E-state index contributed by atoms with van der Waals surface area (Å²) < 4.78 is 19.7. The van der Waals surface area contributed by atoms with Gasteiger partial charge in [0.15, 0.2) is 11.3 Å². The Hall–Kier alpha value is -3.54. The standard InChI is InChI=1S/C20H14FN3O2/c1-26-20(25)17-11-18(14-7-9-15(21)10-8-14)24-19(22-17)12-16(23-24)13-5-3-2-4-6-13/h2-12H,1H3. The molecule has 5 nitrogen and oxygen atoms in total. The lowest BCUT2D eigenvalue weighted by Gasteiger charge is -2.07. The average Bonchev–Trinajstić information content (AvgIpc) is 3.12. The molecule has 0 aliphatic heterocycles. The van der Waals surface area contributed by atoms with Gasteiger partial charge >= 0.3 is 5.97 Å². The molecular formula is C20H14FN3O2. The summed E-state index contributed by atoms with van der Waals surface area (Å²) in [4.78, 5) is 16.3. The molecule has 0 N–H and O–H groups in total. The van der Waals surface area contributed by atoms with Gasteiger partial charge in [-0.2, -0.15) is 5.10 Å². The van der Waals surface area contributed by atoms with Crippen LogP contribution >= 0.6 is 0 Å². The SMILES string of the molecule is COC(=O)c1cc(-c2ccc(F)cc2)n2nc(-c3ccccc3)cc2n1. The van der Waals surface area contributed by atoms with E-state index in [1.165, 1.54) is 19.2 Å². The lowest BCUT2D eigenvalue weighted by Crippen LogP contribution is -2.07. The van der Waals surface area contributed by atoms with E-state index in [1.54, 1.807) is 28.8 Å². The van der Waals surface area contributed by atoms with E-state index in [4.69, 9.17) is 4.74 Å². The maximum atomic E-state index is 13.3. The van der Waals surface area contributed by atoms with Crippen LogP contribution in [0.5, 0.6) is 0 Å². The second-order valence-corrected chi connectivity index (χ2v) is 5.69. The van der Waals surface area contributed by atoms with E-state index in [0.29, 0.717) is 16.9 Å². The highest BCUT2D eigenvalue weighted by Crippen LogP contribution is 2.25. The van der Waals surface area contributed by atoms with Gasteiger partial charge in [0.2, 0.25) is 0 Å². The maximum Gasteiger partial charge on any atom is 0.356 e. The average molecular weight is 347 g/mol. The third-order valence-corrected chi connectivity index (χ3v) is 4.03. The number of ether oxygens (including phenoxy) is 1. The van der Waals surface area contributed by atoms with Gasteiger partial charge < -0.3 is 4.74 Å². The highest BCUT2D eigenvalue weighted by molar-refractivity contribution is 5.89. The van der Waals surface area contributed by atoms with Gasteiger partial charge in [-0.3, -0.25) is 0 Å². The van der Waals surface area contributed by atoms with E-state index in [-0.39, 0.29) is 11.5 Å². The summed E-state index contributed by atoms with van der Waals surface area (Å²) >= 11 is 0. The molecule has 0 amide bonds. The minimum Gasteiger partial charge on any atom is -0.464 e. The van der Waals surface area contributed by atoms with Crippen LogP contribution in [-0.2, 0) is 4.74 Å². The molecular weight excluding hydrogens is 333 g/mol. The molecule has 0 bridgehead atoms. The van der Waals surface area contributed by atoms with Crippen LogP contribution in [0.3, 0.4) is 0 Å². The number of hydrogen-bond donors (Lipinski definition) is 0. The van der Waals surface area contributed by atoms with Gasteiger partial charge in [0.05, 0.1) is 18.5 Å².